The fourth-order valence-electron chi connectivity index (χ4n) is 3.52. The molecule has 4 atom stereocenters. The van der Waals surface area contributed by atoms with Crippen LogP contribution in [0.4, 0.5) is 0 Å². The quantitative estimate of drug-likeness (QED) is 0.603. The minimum absolute atomic E-state index is 0.896. The van der Waals surface area contributed by atoms with Crippen LogP contribution in [0.2, 0.25) is 0 Å². The highest BCUT2D eigenvalue weighted by molar-refractivity contribution is 4.83. The summed E-state index contributed by atoms with van der Waals surface area (Å²) in [6, 6.07) is 0. The zero-order valence-electron chi connectivity index (χ0n) is 11.4. The first-order valence-corrected chi connectivity index (χ1v) is 7.10. The van der Waals surface area contributed by atoms with Crippen molar-refractivity contribution in [2.45, 2.75) is 66.7 Å². The van der Waals surface area contributed by atoms with Crippen molar-refractivity contribution >= 4 is 0 Å². The van der Waals surface area contributed by atoms with Gasteiger partial charge in [0.2, 0.25) is 0 Å². The van der Waals surface area contributed by atoms with E-state index >= 15 is 0 Å². The van der Waals surface area contributed by atoms with Crippen molar-refractivity contribution in [3.8, 4) is 0 Å². The topological polar surface area (TPSA) is 0 Å². The van der Waals surface area contributed by atoms with Crippen LogP contribution in [0.3, 0.4) is 0 Å². The fraction of sp³-hybridized carbons (Fsp3) is 1.00. The summed E-state index contributed by atoms with van der Waals surface area (Å²) in [6.45, 7) is 12.0. The third-order valence-corrected chi connectivity index (χ3v) is 4.91. The van der Waals surface area contributed by atoms with Gasteiger partial charge in [-0.3, -0.25) is 0 Å². The Kier molecular flexibility index (Phi) is 5.15. The summed E-state index contributed by atoms with van der Waals surface area (Å²) >= 11 is 0. The van der Waals surface area contributed by atoms with Gasteiger partial charge in [-0.1, -0.05) is 47.5 Å². The maximum absolute atomic E-state index is 2.45. The third-order valence-electron chi connectivity index (χ3n) is 4.91. The molecule has 0 saturated heterocycles. The van der Waals surface area contributed by atoms with E-state index in [1.807, 2.05) is 0 Å². The summed E-state index contributed by atoms with van der Waals surface area (Å²) in [5.41, 5.74) is 0. The molecule has 0 bridgehead atoms. The molecule has 90 valence electrons. The normalized spacial score (nSPS) is 34.4. The van der Waals surface area contributed by atoms with Gasteiger partial charge in [0.1, 0.15) is 0 Å². The molecule has 1 saturated carbocycles. The smallest absolute Gasteiger partial charge is 0.0363 e. The average molecular weight is 210 g/mol. The predicted octanol–water partition coefficient (Wildman–Crippen LogP) is 5.13. The van der Waals surface area contributed by atoms with Crippen LogP contribution in [0.15, 0.2) is 0 Å². The van der Waals surface area contributed by atoms with Crippen molar-refractivity contribution in [3.63, 3.8) is 0 Å². The van der Waals surface area contributed by atoms with Crippen molar-refractivity contribution in [1.82, 2.24) is 0 Å². The fourth-order valence-corrected chi connectivity index (χ4v) is 3.52. The molecule has 0 N–H and O–H groups in total. The second-order valence-electron chi connectivity index (χ2n) is 6.03. The Morgan fingerprint density at radius 2 is 1.73 bits per heavy atom. The molecule has 1 aliphatic rings. The summed E-state index contributed by atoms with van der Waals surface area (Å²) in [7, 11) is 0. The van der Waals surface area contributed by atoms with Crippen LogP contribution >= 0.6 is 0 Å². The van der Waals surface area contributed by atoms with E-state index in [2.05, 4.69) is 34.6 Å². The Morgan fingerprint density at radius 1 is 1.07 bits per heavy atom. The van der Waals surface area contributed by atoms with E-state index in [4.69, 9.17) is 0 Å². The number of rotatable bonds is 4. The highest BCUT2D eigenvalue weighted by Crippen LogP contribution is 2.42. The van der Waals surface area contributed by atoms with Crippen molar-refractivity contribution < 1.29 is 0 Å². The molecule has 15 heavy (non-hydrogen) atoms. The maximum atomic E-state index is 2.45. The summed E-state index contributed by atoms with van der Waals surface area (Å²) < 4.78 is 0. The molecule has 0 aromatic rings. The average Bonchev–Trinajstić information content (AvgIpc) is 2.26. The van der Waals surface area contributed by atoms with Crippen LogP contribution in [0.5, 0.6) is 0 Å². The molecule has 0 nitrogen and oxygen atoms in total. The largest absolute Gasteiger partial charge is 0.0651 e. The monoisotopic (exact) mass is 210 g/mol. The standard InChI is InChI=1S/C15H30/c1-6-12(5)14-8-9-15(11(3)4)13(7-2)10-14/h11-15H,6-10H2,1-5H3. The van der Waals surface area contributed by atoms with Crippen LogP contribution in [-0.4, -0.2) is 0 Å². The Labute approximate surface area is 96.8 Å². The lowest BCUT2D eigenvalue weighted by Crippen LogP contribution is -2.30. The van der Waals surface area contributed by atoms with E-state index in [0.717, 1.165) is 29.6 Å². The molecule has 0 aromatic carbocycles. The lowest BCUT2D eigenvalue weighted by atomic mass is 9.66. The van der Waals surface area contributed by atoms with Gasteiger partial charge in [-0.05, 0) is 48.9 Å². The van der Waals surface area contributed by atoms with Gasteiger partial charge in [0.05, 0.1) is 0 Å². The highest BCUT2D eigenvalue weighted by Gasteiger charge is 2.32. The van der Waals surface area contributed by atoms with Gasteiger partial charge in [0.15, 0.2) is 0 Å². The van der Waals surface area contributed by atoms with Gasteiger partial charge in [-0.25, -0.2) is 0 Å². The second kappa shape index (κ2) is 5.92. The van der Waals surface area contributed by atoms with E-state index < -0.39 is 0 Å². The maximum Gasteiger partial charge on any atom is -0.0363 e. The first-order valence-electron chi connectivity index (χ1n) is 7.10. The summed E-state index contributed by atoms with van der Waals surface area (Å²) in [5.74, 6) is 4.89. The van der Waals surface area contributed by atoms with E-state index in [-0.39, 0.29) is 0 Å². The van der Waals surface area contributed by atoms with Gasteiger partial charge in [0.25, 0.3) is 0 Å². The first-order chi connectivity index (χ1) is 7.10. The SMILES string of the molecule is CCC(C)C1CCC(C(C)C)C(CC)C1. The van der Waals surface area contributed by atoms with Crippen LogP contribution in [-0.2, 0) is 0 Å². The molecule has 1 aliphatic carbocycles. The van der Waals surface area contributed by atoms with E-state index in [0.29, 0.717) is 0 Å². The summed E-state index contributed by atoms with van der Waals surface area (Å²) in [6.07, 6.45) is 7.26. The molecule has 4 unspecified atom stereocenters. The Balaban J connectivity index is 2.54. The first kappa shape index (κ1) is 13.1. The number of hydrogen-bond acceptors (Lipinski definition) is 0. The molecule has 0 heteroatoms. The van der Waals surface area contributed by atoms with Crippen LogP contribution in [0, 0.1) is 29.6 Å². The summed E-state index contributed by atoms with van der Waals surface area (Å²) in [5, 5.41) is 0. The van der Waals surface area contributed by atoms with Crippen molar-refractivity contribution in [2.75, 3.05) is 0 Å². The van der Waals surface area contributed by atoms with Gasteiger partial charge in [-0.2, -0.15) is 0 Å². The Bertz CT molecular complexity index is 171. The van der Waals surface area contributed by atoms with Crippen molar-refractivity contribution in [1.29, 1.82) is 0 Å². The Hall–Kier alpha value is 0. The summed E-state index contributed by atoms with van der Waals surface area (Å²) in [4.78, 5) is 0. The molecule has 0 amide bonds. The van der Waals surface area contributed by atoms with Crippen LogP contribution in [0.1, 0.15) is 66.7 Å². The third kappa shape index (κ3) is 3.23. The molecule has 1 rings (SSSR count). The van der Waals surface area contributed by atoms with E-state index in [1.54, 1.807) is 0 Å². The van der Waals surface area contributed by atoms with Crippen molar-refractivity contribution in [2.24, 2.45) is 29.6 Å². The van der Waals surface area contributed by atoms with Gasteiger partial charge >= 0.3 is 0 Å². The molecule has 0 spiro atoms. The molecule has 0 heterocycles. The zero-order chi connectivity index (χ0) is 11.4. The van der Waals surface area contributed by atoms with Gasteiger partial charge in [-0.15, -0.1) is 0 Å². The van der Waals surface area contributed by atoms with E-state index in [9.17, 15) is 0 Å². The number of hydrogen-bond donors (Lipinski definition) is 0. The molecule has 1 fully saturated rings. The lowest BCUT2D eigenvalue weighted by Gasteiger charge is -2.40. The van der Waals surface area contributed by atoms with Gasteiger partial charge < -0.3 is 0 Å². The van der Waals surface area contributed by atoms with Crippen molar-refractivity contribution in [3.05, 3.63) is 0 Å². The molecule has 0 radical (unpaired) electrons. The minimum atomic E-state index is 0.896. The van der Waals surface area contributed by atoms with E-state index in [1.165, 1.54) is 32.1 Å². The minimum Gasteiger partial charge on any atom is -0.0651 e. The Morgan fingerprint density at radius 3 is 2.20 bits per heavy atom. The second-order valence-corrected chi connectivity index (χ2v) is 6.03. The predicted molar refractivity (Wildman–Crippen MR) is 68.9 cm³/mol. The molecular formula is C15H30. The molecule has 0 aromatic heterocycles. The zero-order valence-corrected chi connectivity index (χ0v) is 11.4. The highest BCUT2D eigenvalue weighted by atomic mass is 14.4. The molecular weight excluding hydrogens is 180 g/mol. The van der Waals surface area contributed by atoms with Crippen LogP contribution < -0.4 is 0 Å². The molecule has 0 aliphatic heterocycles. The van der Waals surface area contributed by atoms with Gasteiger partial charge in [0, 0.05) is 0 Å². The lowest BCUT2D eigenvalue weighted by molar-refractivity contribution is 0.105. The van der Waals surface area contributed by atoms with Crippen LogP contribution in [0.25, 0.3) is 0 Å².